The van der Waals surface area contributed by atoms with Gasteiger partial charge in [0.2, 0.25) is 0 Å². The molecule has 5 heterocycles. The molecule has 3 aromatic heterocycles. The number of aromatic nitrogens is 4. The minimum Gasteiger partial charge on any atom is -0.356 e. The van der Waals surface area contributed by atoms with Gasteiger partial charge in [-0.2, -0.15) is 10.2 Å². The molecule has 0 saturated carbocycles. The summed E-state index contributed by atoms with van der Waals surface area (Å²) in [4.78, 5) is 39.8. The van der Waals surface area contributed by atoms with Crippen LogP contribution in [-0.2, 0) is 6.54 Å². The van der Waals surface area contributed by atoms with Crippen LogP contribution in [0.15, 0.2) is 104 Å². The van der Waals surface area contributed by atoms with Crippen LogP contribution in [0.3, 0.4) is 0 Å². The monoisotopic (exact) mass is 686 g/mol. The number of nitrogens with one attached hydrogen (secondary N) is 2. The van der Waals surface area contributed by atoms with Crippen LogP contribution in [-0.4, -0.2) is 75.1 Å². The van der Waals surface area contributed by atoms with E-state index in [1.165, 1.54) is 5.56 Å². The lowest BCUT2D eigenvalue weighted by Crippen LogP contribution is -2.45. The van der Waals surface area contributed by atoms with Gasteiger partial charge in [0, 0.05) is 96.2 Å². The van der Waals surface area contributed by atoms with Crippen LogP contribution in [0.1, 0.15) is 52.0 Å². The van der Waals surface area contributed by atoms with E-state index in [2.05, 4.69) is 47.7 Å². The Hall–Kier alpha value is -5.19. The lowest BCUT2D eigenvalue weighted by molar-refractivity contribution is 0.0906. The van der Waals surface area contributed by atoms with Crippen molar-refractivity contribution in [3.8, 4) is 22.3 Å². The Morgan fingerprint density at radius 3 is 2.12 bits per heavy atom. The third kappa shape index (κ3) is 8.15. The molecule has 2 aliphatic rings. The van der Waals surface area contributed by atoms with E-state index in [4.69, 9.17) is 16.6 Å². The van der Waals surface area contributed by atoms with E-state index in [9.17, 15) is 9.59 Å². The minimum absolute atomic E-state index is 0.0434. The smallest absolute Gasteiger partial charge is 0.251 e. The second kappa shape index (κ2) is 15.6. The fraction of sp³-hybridized carbons (Fsp3) is 0.282. The summed E-state index contributed by atoms with van der Waals surface area (Å²) < 4.78 is 0. The molecular weight excluding hydrogens is 648 g/mol. The van der Waals surface area contributed by atoms with Crippen LogP contribution < -0.4 is 15.5 Å². The molecule has 0 spiro atoms. The van der Waals surface area contributed by atoms with Crippen LogP contribution in [0, 0.1) is 0 Å². The lowest BCUT2D eigenvalue weighted by atomic mass is 10.0. The zero-order valence-corrected chi connectivity index (χ0v) is 28.5. The molecule has 0 atom stereocenters. The third-order valence-corrected chi connectivity index (χ3v) is 9.87. The average Bonchev–Trinajstić information content (AvgIpc) is 3.17. The van der Waals surface area contributed by atoms with E-state index >= 15 is 0 Å². The molecule has 2 aliphatic heterocycles. The maximum Gasteiger partial charge on any atom is 0.251 e. The number of halogens is 1. The Balaban J connectivity index is 0.847. The Labute approximate surface area is 296 Å². The predicted molar refractivity (Wildman–Crippen MR) is 195 cm³/mol. The molecule has 0 radical (unpaired) electrons. The van der Waals surface area contributed by atoms with Crippen LogP contribution in [0.4, 0.5) is 5.82 Å². The standard InChI is InChI=1S/C39H39ClN8O2/c40-36-8-7-30(22-35(36)32-10-16-43-44-25-32)39(50)45-33-11-17-47(18-12-33)26-27-6-9-37(42-23-27)48-19-13-34(14-20-48)46-38(49)29-4-1-3-28(21-29)31-5-2-15-41-24-31/h1-10,15-16,21-25,33-34H,11-14,17-20,26H2,(H,45,50)(H,46,49). The van der Waals surface area contributed by atoms with Gasteiger partial charge in [-0.25, -0.2) is 4.98 Å². The van der Waals surface area contributed by atoms with E-state index in [0.717, 1.165) is 86.5 Å². The first-order valence-corrected chi connectivity index (χ1v) is 17.5. The largest absolute Gasteiger partial charge is 0.356 e. The summed E-state index contributed by atoms with van der Waals surface area (Å²) in [5.74, 6) is 0.828. The minimum atomic E-state index is -0.0961. The molecular formula is C39H39ClN8O2. The molecule has 10 nitrogen and oxygen atoms in total. The van der Waals surface area contributed by atoms with E-state index < -0.39 is 0 Å². The SMILES string of the molecule is O=C(NC1CCN(Cc2ccc(N3CCC(NC(=O)c4cccc(-c5cccnc5)c4)CC3)nc2)CC1)c1ccc(Cl)c(-c2ccnnc2)c1. The highest BCUT2D eigenvalue weighted by atomic mass is 35.5. The first-order chi connectivity index (χ1) is 24.5. The Kier molecular flexibility index (Phi) is 10.4. The second-order valence-electron chi connectivity index (χ2n) is 12.9. The van der Waals surface area contributed by atoms with E-state index in [1.54, 1.807) is 30.7 Å². The van der Waals surface area contributed by atoms with Gasteiger partial charge in [-0.3, -0.25) is 19.5 Å². The quantitative estimate of drug-likeness (QED) is 0.193. The molecule has 2 aromatic carbocycles. The molecule has 2 N–H and O–H groups in total. The van der Waals surface area contributed by atoms with Gasteiger partial charge in [0.15, 0.2) is 0 Å². The molecule has 7 rings (SSSR count). The molecule has 2 fully saturated rings. The van der Waals surface area contributed by atoms with Crippen LogP contribution in [0.2, 0.25) is 5.02 Å². The van der Waals surface area contributed by atoms with Crippen molar-refractivity contribution in [2.75, 3.05) is 31.1 Å². The van der Waals surface area contributed by atoms with Crippen molar-refractivity contribution < 1.29 is 9.59 Å². The zero-order chi connectivity index (χ0) is 34.3. The number of anilines is 1. The van der Waals surface area contributed by atoms with Gasteiger partial charge in [0.25, 0.3) is 11.8 Å². The van der Waals surface area contributed by atoms with Crippen molar-refractivity contribution in [2.24, 2.45) is 0 Å². The summed E-state index contributed by atoms with van der Waals surface area (Å²) in [6.07, 6.45) is 12.3. The van der Waals surface area contributed by atoms with Gasteiger partial charge >= 0.3 is 0 Å². The third-order valence-electron chi connectivity index (χ3n) is 9.54. The Bertz CT molecular complexity index is 1910. The Morgan fingerprint density at radius 2 is 1.44 bits per heavy atom. The van der Waals surface area contributed by atoms with E-state index in [-0.39, 0.29) is 23.9 Å². The van der Waals surface area contributed by atoms with E-state index in [1.807, 2.05) is 60.9 Å². The molecule has 50 heavy (non-hydrogen) atoms. The van der Waals surface area contributed by atoms with Crippen molar-refractivity contribution in [1.29, 1.82) is 0 Å². The van der Waals surface area contributed by atoms with Gasteiger partial charge in [-0.15, -0.1) is 0 Å². The Morgan fingerprint density at radius 1 is 0.700 bits per heavy atom. The maximum atomic E-state index is 13.1. The molecule has 0 aliphatic carbocycles. The van der Waals surface area contributed by atoms with Gasteiger partial charge in [0.05, 0.1) is 12.4 Å². The molecule has 0 unspecified atom stereocenters. The lowest BCUT2D eigenvalue weighted by Gasteiger charge is -2.34. The molecule has 5 aromatic rings. The summed E-state index contributed by atoms with van der Waals surface area (Å²) in [5, 5.41) is 14.8. The molecule has 254 valence electrons. The van der Waals surface area contributed by atoms with Crippen LogP contribution in [0.5, 0.6) is 0 Å². The van der Waals surface area contributed by atoms with Crippen LogP contribution >= 0.6 is 11.6 Å². The fourth-order valence-corrected chi connectivity index (χ4v) is 6.92. The number of likely N-dealkylation sites (tertiary alicyclic amines) is 1. The number of hydrogen-bond donors (Lipinski definition) is 2. The molecule has 2 saturated heterocycles. The number of hydrogen-bond acceptors (Lipinski definition) is 8. The maximum absolute atomic E-state index is 13.1. The number of carbonyl (C=O) groups excluding carboxylic acids is 2. The highest BCUT2D eigenvalue weighted by Crippen LogP contribution is 2.28. The summed E-state index contributed by atoms with van der Waals surface area (Å²) in [5.41, 5.74) is 5.96. The van der Waals surface area contributed by atoms with Gasteiger partial charge in [-0.1, -0.05) is 35.9 Å². The predicted octanol–water partition coefficient (Wildman–Crippen LogP) is 6.05. The summed E-state index contributed by atoms with van der Waals surface area (Å²) in [7, 11) is 0. The van der Waals surface area contributed by atoms with Crippen molar-refractivity contribution in [3.63, 3.8) is 0 Å². The summed E-state index contributed by atoms with van der Waals surface area (Å²) in [6.45, 7) is 4.29. The average molecular weight is 687 g/mol. The highest BCUT2D eigenvalue weighted by Gasteiger charge is 2.24. The van der Waals surface area contributed by atoms with Crippen LogP contribution in [0.25, 0.3) is 22.3 Å². The van der Waals surface area contributed by atoms with Crippen molar-refractivity contribution >= 4 is 29.2 Å². The fourth-order valence-electron chi connectivity index (χ4n) is 6.69. The first kappa shape index (κ1) is 33.3. The number of amides is 2. The number of pyridine rings is 2. The van der Waals surface area contributed by atoms with Gasteiger partial charge in [0.1, 0.15) is 5.82 Å². The van der Waals surface area contributed by atoms with Crippen molar-refractivity contribution in [1.82, 2.24) is 35.7 Å². The number of nitrogens with zero attached hydrogens (tertiary/aromatic N) is 6. The summed E-state index contributed by atoms with van der Waals surface area (Å²) in [6, 6.07) is 23.2. The first-order valence-electron chi connectivity index (χ1n) is 17.1. The normalized spacial score (nSPS) is 15.8. The number of benzene rings is 2. The number of carbonyl (C=O) groups is 2. The summed E-state index contributed by atoms with van der Waals surface area (Å²) >= 11 is 6.41. The highest BCUT2D eigenvalue weighted by molar-refractivity contribution is 6.33. The number of piperidine rings is 2. The molecule has 2 amide bonds. The van der Waals surface area contributed by atoms with E-state index in [0.29, 0.717) is 16.1 Å². The van der Waals surface area contributed by atoms with Gasteiger partial charge < -0.3 is 15.5 Å². The van der Waals surface area contributed by atoms with Crippen molar-refractivity contribution in [2.45, 2.75) is 44.3 Å². The zero-order valence-electron chi connectivity index (χ0n) is 27.7. The molecule has 0 bridgehead atoms. The topological polar surface area (TPSA) is 116 Å². The second-order valence-corrected chi connectivity index (χ2v) is 13.3. The molecule has 11 heteroatoms. The number of rotatable bonds is 9. The van der Waals surface area contributed by atoms with Crippen molar-refractivity contribution in [3.05, 3.63) is 125 Å². The van der Waals surface area contributed by atoms with Gasteiger partial charge in [-0.05, 0) is 85.3 Å².